The molecule has 0 amide bonds. The Morgan fingerprint density at radius 1 is 1.28 bits per heavy atom. The maximum absolute atomic E-state index is 4.29. The molecule has 0 bridgehead atoms. The molecule has 1 atom stereocenters. The van der Waals surface area contributed by atoms with Crippen LogP contribution in [0.3, 0.4) is 0 Å². The van der Waals surface area contributed by atoms with E-state index in [1.807, 2.05) is 13.0 Å². The Morgan fingerprint density at radius 2 is 2.06 bits per heavy atom. The van der Waals surface area contributed by atoms with Gasteiger partial charge in [-0.05, 0) is 23.8 Å². The van der Waals surface area contributed by atoms with E-state index >= 15 is 0 Å². The van der Waals surface area contributed by atoms with Gasteiger partial charge in [0, 0.05) is 16.6 Å². The van der Waals surface area contributed by atoms with Gasteiger partial charge in [-0.25, -0.2) is 9.97 Å². The number of aromatic nitrogens is 2. The van der Waals surface area contributed by atoms with Gasteiger partial charge >= 0.3 is 0 Å². The summed E-state index contributed by atoms with van der Waals surface area (Å²) in [4.78, 5) is 9.74. The number of hydrogen-bond acceptors (Lipinski definition) is 4. The first-order valence-corrected chi connectivity index (χ1v) is 6.93. The lowest BCUT2D eigenvalue weighted by atomic mass is 9.86. The van der Waals surface area contributed by atoms with Gasteiger partial charge in [0.2, 0.25) is 0 Å². The zero-order valence-electron chi connectivity index (χ0n) is 11.3. The molecule has 2 rings (SSSR count). The number of thiophene rings is 1. The highest BCUT2D eigenvalue weighted by atomic mass is 32.1. The highest BCUT2D eigenvalue weighted by Crippen LogP contribution is 2.37. The predicted octanol–water partition coefficient (Wildman–Crippen LogP) is 4.05. The molecule has 3 nitrogen and oxygen atoms in total. The third-order valence-electron chi connectivity index (χ3n) is 2.79. The normalized spacial score (nSPS) is 13.3. The van der Waals surface area contributed by atoms with Crippen LogP contribution in [-0.2, 0) is 0 Å². The average molecular weight is 261 g/mol. The average Bonchev–Trinajstić information content (AvgIpc) is 2.77. The summed E-state index contributed by atoms with van der Waals surface area (Å²) in [7, 11) is 0. The molecule has 0 aromatic carbocycles. The Kier molecular flexibility index (Phi) is 3.66. The van der Waals surface area contributed by atoms with Crippen molar-refractivity contribution in [2.75, 3.05) is 5.32 Å². The minimum Gasteiger partial charge on any atom is -0.362 e. The second kappa shape index (κ2) is 5.06. The summed E-state index contributed by atoms with van der Waals surface area (Å²) in [6, 6.07) is 6.49. The maximum Gasteiger partial charge on any atom is 0.130 e. The second-order valence-electron chi connectivity index (χ2n) is 5.50. The Labute approximate surface area is 112 Å². The molecule has 0 radical (unpaired) electrons. The first-order valence-electron chi connectivity index (χ1n) is 6.05. The van der Waals surface area contributed by atoms with Crippen molar-refractivity contribution in [3.05, 3.63) is 40.5 Å². The van der Waals surface area contributed by atoms with Crippen LogP contribution in [-0.4, -0.2) is 9.97 Å². The minimum atomic E-state index is 0.129. The standard InChI is InChI=1S/C14H19N3S/c1-10-8-12(16-9-15-10)17-13(14(2,3)4)11-6-5-7-18-11/h5-9,13H,1-4H3,(H,15,16,17). The SMILES string of the molecule is Cc1cc(NC(c2cccs2)C(C)(C)C)ncn1. The number of nitrogens with zero attached hydrogens (tertiary/aromatic N) is 2. The molecule has 0 aliphatic carbocycles. The van der Waals surface area contributed by atoms with Gasteiger partial charge in [-0.2, -0.15) is 0 Å². The fourth-order valence-corrected chi connectivity index (χ4v) is 2.87. The van der Waals surface area contributed by atoms with Gasteiger partial charge in [0.05, 0.1) is 6.04 Å². The molecule has 2 aromatic rings. The van der Waals surface area contributed by atoms with Crippen molar-refractivity contribution in [2.45, 2.75) is 33.7 Å². The first kappa shape index (κ1) is 13.0. The van der Waals surface area contributed by atoms with Crippen LogP contribution in [0.4, 0.5) is 5.82 Å². The lowest BCUT2D eigenvalue weighted by molar-refractivity contribution is 0.350. The van der Waals surface area contributed by atoms with E-state index in [-0.39, 0.29) is 11.5 Å². The van der Waals surface area contributed by atoms with Gasteiger partial charge in [-0.15, -0.1) is 11.3 Å². The number of hydrogen-bond donors (Lipinski definition) is 1. The molecule has 2 heterocycles. The van der Waals surface area contributed by atoms with Crippen LogP contribution < -0.4 is 5.32 Å². The molecule has 0 aliphatic heterocycles. The summed E-state index contributed by atoms with van der Waals surface area (Å²) in [6.45, 7) is 8.68. The monoisotopic (exact) mass is 261 g/mol. The number of aryl methyl sites for hydroxylation is 1. The van der Waals surface area contributed by atoms with Gasteiger partial charge < -0.3 is 5.32 Å². The van der Waals surface area contributed by atoms with Crippen molar-refractivity contribution in [3.8, 4) is 0 Å². The van der Waals surface area contributed by atoms with Crippen molar-refractivity contribution in [3.63, 3.8) is 0 Å². The smallest absolute Gasteiger partial charge is 0.130 e. The molecule has 4 heteroatoms. The zero-order valence-corrected chi connectivity index (χ0v) is 12.1. The quantitative estimate of drug-likeness (QED) is 0.906. The highest BCUT2D eigenvalue weighted by molar-refractivity contribution is 7.10. The van der Waals surface area contributed by atoms with Crippen molar-refractivity contribution in [1.29, 1.82) is 0 Å². The van der Waals surface area contributed by atoms with Crippen LogP contribution >= 0.6 is 11.3 Å². The Morgan fingerprint density at radius 3 is 2.61 bits per heavy atom. The van der Waals surface area contributed by atoms with E-state index in [2.05, 4.69) is 53.6 Å². The fourth-order valence-electron chi connectivity index (χ4n) is 1.85. The number of anilines is 1. The van der Waals surface area contributed by atoms with E-state index in [1.165, 1.54) is 4.88 Å². The van der Waals surface area contributed by atoms with Crippen molar-refractivity contribution >= 4 is 17.2 Å². The van der Waals surface area contributed by atoms with E-state index in [4.69, 9.17) is 0 Å². The molecule has 0 saturated carbocycles. The molecule has 18 heavy (non-hydrogen) atoms. The maximum atomic E-state index is 4.29. The zero-order chi connectivity index (χ0) is 13.2. The largest absolute Gasteiger partial charge is 0.362 e. The fraction of sp³-hybridized carbons (Fsp3) is 0.429. The summed E-state index contributed by atoms with van der Waals surface area (Å²) in [6.07, 6.45) is 1.60. The number of nitrogens with one attached hydrogen (secondary N) is 1. The molecule has 1 N–H and O–H groups in total. The summed E-state index contributed by atoms with van der Waals surface area (Å²) in [5, 5.41) is 5.63. The Bertz CT molecular complexity index is 500. The Balaban J connectivity index is 2.27. The topological polar surface area (TPSA) is 37.8 Å². The summed E-state index contributed by atoms with van der Waals surface area (Å²) >= 11 is 1.78. The Hall–Kier alpha value is -1.42. The van der Waals surface area contributed by atoms with Crippen LogP contribution in [0, 0.1) is 12.3 Å². The van der Waals surface area contributed by atoms with Gasteiger partial charge in [-0.3, -0.25) is 0 Å². The van der Waals surface area contributed by atoms with Crippen LogP contribution in [0.2, 0.25) is 0 Å². The van der Waals surface area contributed by atoms with Crippen LogP contribution in [0.15, 0.2) is 29.9 Å². The van der Waals surface area contributed by atoms with E-state index in [0.29, 0.717) is 0 Å². The second-order valence-corrected chi connectivity index (χ2v) is 6.48. The molecule has 0 saturated heterocycles. The van der Waals surface area contributed by atoms with E-state index in [9.17, 15) is 0 Å². The van der Waals surface area contributed by atoms with Crippen molar-refractivity contribution in [1.82, 2.24) is 9.97 Å². The molecule has 0 aliphatic rings. The van der Waals surface area contributed by atoms with Crippen molar-refractivity contribution < 1.29 is 0 Å². The summed E-state index contributed by atoms with van der Waals surface area (Å²) < 4.78 is 0. The third-order valence-corrected chi connectivity index (χ3v) is 3.73. The number of rotatable bonds is 3. The molecular formula is C14H19N3S. The first-order chi connectivity index (χ1) is 8.47. The molecule has 0 spiro atoms. The molecular weight excluding hydrogens is 242 g/mol. The van der Waals surface area contributed by atoms with Gasteiger partial charge in [0.15, 0.2) is 0 Å². The predicted molar refractivity (Wildman–Crippen MR) is 76.9 cm³/mol. The highest BCUT2D eigenvalue weighted by Gasteiger charge is 2.27. The van der Waals surface area contributed by atoms with E-state index in [0.717, 1.165) is 11.5 Å². The molecule has 2 aromatic heterocycles. The molecule has 0 fully saturated rings. The van der Waals surface area contributed by atoms with Crippen LogP contribution in [0.1, 0.15) is 37.4 Å². The van der Waals surface area contributed by atoms with E-state index < -0.39 is 0 Å². The van der Waals surface area contributed by atoms with Gasteiger partial charge in [-0.1, -0.05) is 26.8 Å². The lowest BCUT2D eigenvalue weighted by Crippen LogP contribution is -2.25. The van der Waals surface area contributed by atoms with Crippen LogP contribution in [0.25, 0.3) is 0 Å². The van der Waals surface area contributed by atoms with Crippen molar-refractivity contribution in [2.24, 2.45) is 5.41 Å². The summed E-state index contributed by atoms with van der Waals surface area (Å²) in [5.74, 6) is 0.885. The van der Waals surface area contributed by atoms with Gasteiger partial charge in [0.1, 0.15) is 12.1 Å². The van der Waals surface area contributed by atoms with Crippen LogP contribution in [0.5, 0.6) is 0 Å². The summed E-state index contributed by atoms with van der Waals surface area (Å²) in [5.41, 5.74) is 1.11. The molecule has 1 unspecified atom stereocenters. The lowest BCUT2D eigenvalue weighted by Gasteiger charge is -2.31. The van der Waals surface area contributed by atoms with E-state index in [1.54, 1.807) is 17.7 Å². The van der Waals surface area contributed by atoms with Gasteiger partial charge in [0.25, 0.3) is 0 Å². The third kappa shape index (κ3) is 3.07. The molecule has 96 valence electrons. The minimum absolute atomic E-state index is 0.129.